The molecule has 0 aliphatic rings. The molecular formula is C19H25NO2. The molecule has 2 aromatic carbocycles. The van der Waals surface area contributed by atoms with Crippen LogP contribution >= 0.6 is 0 Å². The molecule has 3 nitrogen and oxygen atoms in total. The Hall–Kier alpha value is -1.68. The van der Waals surface area contributed by atoms with Crippen molar-refractivity contribution in [3.8, 4) is 0 Å². The minimum Gasteiger partial charge on any atom is -0.353 e. The molecule has 0 saturated carbocycles. The van der Waals surface area contributed by atoms with E-state index in [0.717, 1.165) is 24.0 Å². The zero-order valence-corrected chi connectivity index (χ0v) is 13.2. The van der Waals surface area contributed by atoms with Gasteiger partial charge in [0.2, 0.25) is 5.91 Å². The maximum absolute atomic E-state index is 10.5. The SMILES string of the molecule is CCCCC(O)(O)N(Cc1ccccc1)Cc1ccccc1. The molecule has 118 valence electrons. The first-order valence-corrected chi connectivity index (χ1v) is 7.89. The normalized spacial score (nSPS) is 11.8. The molecule has 2 rings (SSSR count). The molecule has 0 heterocycles. The van der Waals surface area contributed by atoms with Crippen LogP contribution in [0.2, 0.25) is 0 Å². The number of hydrogen-bond acceptors (Lipinski definition) is 3. The Morgan fingerprint density at radius 3 is 1.68 bits per heavy atom. The molecule has 0 aliphatic carbocycles. The summed E-state index contributed by atoms with van der Waals surface area (Å²) in [6, 6.07) is 19.8. The second-order valence-corrected chi connectivity index (χ2v) is 5.71. The summed E-state index contributed by atoms with van der Waals surface area (Å²) in [4.78, 5) is 1.73. The molecule has 0 aromatic heterocycles. The standard InChI is InChI=1S/C19H25NO2/c1-2-3-14-19(21,22)20(15-17-10-6-4-7-11-17)16-18-12-8-5-9-13-18/h4-13,21-22H,2-3,14-16H2,1H3. The average Bonchev–Trinajstić information content (AvgIpc) is 2.54. The highest BCUT2D eigenvalue weighted by Gasteiger charge is 2.31. The van der Waals surface area contributed by atoms with Gasteiger partial charge >= 0.3 is 0 Å². The van der Waals surface area contributed by atoms with Crippen molar-refractivity contribution >= 4 is 0 Å². The van der Waals surface area contributed by atoms with Crippen LogP contribution in [0.25, 0.3) is 0 Å². The van der Waals surface area contributed by atoms with E-state index in [1.807, 2.05) is 60.7 Å². The van der Waals surface area contributed by atoms with Gasteiger partial charge in [0.25, 0.3) is 0 Å². The maximum Gasteiger partial charge on any atom is 0.225 e. The van der Waals surface area contributed by atoms with Crippen molar-refractivity contribution in [1.82, 2.24) is 4.90 Å². The second kappa shape index (κ2) is 8.08. The molecule has 0 fully saturated rings. The van der Waals surface area contributed by atoms with Crippen LogP contribution in [-0.4, -0.2) is 21.0 Å². The Morgan fingerprint density at radius 2 is 1.27 bits per heavy atom. The average molecular weight is 299 g/mol. The van der Waals surface area contributed by atoms with E-state index >= 15 is 0 Å². The Kier molecular flexibility index (Phi) is 6.13. The number of benzene rings is 2. The predicted octanol–water partition coefficient (Wildman–Crippen LogP) is 3.52. The van der Waals surface area contributed by atoms with Crippen LogP contribution in [0.5, 0.6) is 0 Å². The molecule has 0 aliphatic heterocycles. The first kappa shape index (κ1) is 16.7. The van der Waals surface area contributed by atoms with Gasteiger partial charge in [-0.05, 0) is 17.5 Å². The molecule has 0 amide bonds. The van der Waals surface area contributed by atoms with Crippen LogP contribution in [0.1, 0.15) is 37.3 Å². The minimum atomic E-state index is -1.79. The van der Waals surface area contributed by atoms with Gasteiger partial charge in [0.05, 0.1) is 0 Å². The molecule has 0 saturated heterocycles. The van der Waals surface area contributed by atoms with E-state index in [2.05, 4.69) is 6.92 Å². The van der Waals surface area contributed by atoms with Crippen molar-refractivity contribution in [2.24, 2.45) is 0 Å². The molecule has 0 spiro atoms. The van der Waals surface area contributed by atoms with E-state index in [-0.39, 0.29) is 0 Å². The number of nitrogens with zero attached hydrogens (tertiary/aromatic N) is 1. The third-order valence-corrected chi connectivity index (χ3v) is 3.80. The molecule has 0 radical (unpaired) electrons. The van der Waals surface area contributed by atoms with Crippen molar-refractivity contribution in [1.29, 1.82) is 0 Å². The number of aliphatic hydroxyl groups is 2. The van der Waals surface area contributed by atoms with Crippen LogP contribution in [0.4, 0.5) is 0 Å². The van der Waals surface area contributed by atoms with Crippen molar-refractivity contribution in [3.05, 3.63) is 71.8 Å². The van der Waals surface area contributed by atoms with E-state index in [1.54, 1.807) is 4.90 Å². The lowest BCUT2D eigenvalue weighted by atomic mass is 10.1. The predicted molar refractivity (Wildman–Crippen MR) is 88.8 cm³/mol. The van der Waals surface area contributed by atoms with Crippen LogP contribution in [-0.2, 0) is 13.1 Å². The molecule has 0 bridgehead atoms. The second-order valence-electron chi connectivity index (χ2n) is 5.71. The Bertz CT molecular complexity index is 498. The zero-order chi connectivity index (χ0) is 15.8. The van der Waals surface area contributed by atoms with Crippen LogP contribution < -0.4 is 0 Å². The van der Waals surface area contributed by atoms with Gasteiger partial charge in [-0.15, -0.1) is 0 Å². The highest BCUT2D eigenvalue weighted by molar-refractivity contribution is 5.17. The smallest absolute Gasteiger partial charge is 0.225 e. The van der Waals surface area contributed by atoms with E-state index in [9.17, 15) is 10.2 Å². The highest BCUT2D eigenvalue weighted by Crippen LogP contribution is 2.22. The topological polar surface area (TPSA) is 43.7 Å². The largest absolute Gasteiger partial charge is 0.353 e. The first-order chi connectivity index (χ1) is 10.6. The van der Waals surface area contributed by atoms with Gasteiger partial charge in [0, 0.05) is 19.5 Å². The van der Waals surface area contributed by atoms with E-state index in [0.29, 0.717) is 19.5 Å². The molecule has 2 aromatic rings. The summed E-state index contributed by atoms with van der Waals surface area (Å²) in [5.74, 6) is -1.79. The third kappa shape index (κ3) is 4.95. The van der Waals surface area contributed by atoms with Gasteiger partial charge in [-0.1, -0.05) is 74.0 Å². The van der Waals surface area contributed by atoms with Crippen LogP contribution in [0.3, 0.4) is 0 Å². The lowest BCUT2D eigenvalue weighted by molar-refractivity contribution is -0.275. The van der Waals surface area contributed by atoms with Crippen molar-refractivity contribution in [2.45, 2.75) is 45.2 Å². The lowest BCUT2D eigenvalue weighted by Crippen LogP contribution is -2.47. The fourth-order valence-corrected chi connectivity index (χ4v) is 2.49. The van der Waals surface area contributed by atoms with Gasteiger partial charge in [-0.25, -0.2) is 4.90 Å². The monoisotopic (exact) mass is 299 g/mol. The van der Waals surface area contributed by atoms with Crippen molar-refractivity contribution < 1.29 is 10.2 Å². The Balaban J connectivity index is 2.16. The molecule has 0 unspecified atom stereocenters. The zero-order valence-electron chi connectivity index (χ0n) is 13.2. The van der Waals surface area contributed by atoms with Gasteiger partial charge in [-0.2, -0.15) is 0 Å². The van der Waals surface area contributed by atoms with Gasteiger partial charge in [0.1, 0.15) is 0 Å². The summed E-state index contributed by atoms with van der Waals surface area (Å²) < 4.78 is 0. The van der Waals surface area contributed by atoms with Crippen LogP contribution in [0.15, 0.2) is 60.7 Å². The number of unbranched alkanes of at least 4 members (excludes halogenated alkanes) is 1. The quantitative estimate of drug-likeness (QED) is 0.733. The molecule has 3 heteroatoms. The maximum atomic E-state index is 10.5. The van der Waals surface area contributed by atoms with Gasteiger partial charge in [-0.3, -0.25) is 0 Å². The molecule has 22 heavy (non-hydrogen) atoms. The summed E-state index contributed by atoms with van der Waals surface area (Å²) in [5, 5.41) is 21.0. The van der Waals surface area contributed by atoms with Gasteiger partial charge < -0.3 is 10.2 Å². The van der Waals surface area contributed by atoms with Crippen LogP contribution in [0, 0.1) is 0 Å². The highest BCUT2D eigenvalue weighted by atomic mass is 16.5. The summed E-state index contributed by atoms with van der Waals surface area (Å²) in [7, 11) is 0. The summed E-state index contributed by atoms with van der Waals surface area (Å²) in [5.41, 5.74) is 2.14. The molecule has 0 atom stereocenters. The number of hydrogen-bond donors (Lipinski definition) is 2. The van der Waals surface area contributed by atoms with E-state index < -0.39 is 5.91 Å². The van der Waals surface area contributed by atoms with E-state index in [1.165, 1.54) is 0 Å². The lowest BCUT2D eigenvalue weighted by Gasteiger charge is -2.35. The summed E-state index contributed by atoms with van der Waals surface area (Å²) in [6.07, 6.45) is 2.07. The van der Waals surface area contributed by atoms with E-state index in [4.69, 9.17) is 0 Å². The third-order valence-electron chi connectivity index (χ3n) is 3.80. The fraction of sp³-hybridized carbons (Fsp3) is 0.368. The van der Waals surface area contributed by atoms with Crippen molar-refractivity contribution in [3.63, 3.8) is 0 Å². The van der Waals surface area contributed by atoms with Crippen molar-refractivity contribution in [2.75, 3.05) is 0 Å². The minimum absolute atomic E-state index is 0.350. The molecular weight excluding hydrogens is 274 g/mol. The van der Waals surface area contributed by atoms with Gasteiger partial charge in [0.15, 0.2) is 0 Å². The summed E-state index contributed by atoms with van der Waals surface area (Å²) >= 11 is 0. The fourth-order valence-electron chi connectivity index (χ4n) is 2.49. The summed E-state index contributed by atoms with van der Waals surface area (Å²) in [6.45, 7) is 3.06. The first-order valence-electron chi connectivity index (χ1n) is 7.89. The molecule has 2 N–H and O–H groups in total. The number of rotatable bonds is 8. The Morgan fingerprint density at radius 1 is 0.818 bits per heavy atom. The Labute approximate surface area is 132 Å².